The molecule has 7 nitrogen and oxygen atoms in total. The Morgan fingerprint density at radius 1 is 1.07 bits per heavy atom. The van der Waals surface area contributed by atoms with Crippen LogP contribution in [0.3, 0.4) is 0 Å². The van der Waals surface area contributed by atoms with E-state index < -0.39 is 5.97 Å². The van der Waals surface area contributed by atoms with Gasteiger partial charge in [-0.2, -0.15) is 0 Å². The SMILES string of the molecule is CCOc1cc(CNc2cccc(C(=O)O)c2C)ccc1OCC(=O)NC(C)(C)C. The lowest BCUT2D eigenvalue weighted by Gasteiger charge is -2.21. The molecule has 2 rings (SSSR count). The molecule has 0 aliphatic carbocycles. The number of carbonyl (C=O) groups excluding carboxylic acids is 1. The van der Waals surface area contributed by atoms with Crippen LogP contribution in [0.4, 0.5) is 5.69 Å². The Bertz CT molecular complexity index is 903. The molecule has 0 radical (unpaired) electrons. The van der Waals surface area contributed by atoms with Crippen LogP contribution in [-0.2, 0) is 11.3 Å². The molecule has 1 amide bonds. The first-order chi connectivity index (χ1) is 14.1. The molecular formula is C23H30N2O5. The van der Waals surface area contributed by atoms with Crippen molar-refractivity contribution in [2.24, 2.45) is 0 Å². The maximum Gasteiger partial charge on any atom is 0.336 e. The van der Waals surface area contributed by atoms with Crippen molar-refractivity contribution in [1.29, 1.82) is 0 Å². The average molecular weight is 415 g/mol. The van der Waals surface area contributed by atoms with Crippen molar-refractivity contribution in [3.8, 4) is 11.5 Å². The third kappa shape index (κ3) is 6.69. The Balaban J connectivity index is 2.08. The van der Waals surface area contributed by atoms with E-state index in [9.17, 15) is 14.7 Å². The van der Waals surface area contributed by atoms with Gasteiger partial charge in [-0.1, -0.05) is 12.1 Å². The van der Waals surface area contributed by atoms with Gasteiger partial charge in [0.15, 0.2) is 18.1 Å². The van der Waals surface area contributed by atoms with Gasteiger partial charge >= 0.3 is 5.97 Å². The third-order valence-corrected chi connectivity index (χ3v) is 4.23. The highest BCUT2D eigenvalue weighted by Gasteiger charge is 2.15. The molecule has 0 unspecified atom stereocenters. The van der Waals surface area contributed by atoms with Crippen molar-refractivity contribution in [1.82, 2.24) is 5.32 Å². The molecule has 0 heterocycles. The van der Waals surface area contributed by atoms with Crippen LogP contribution in [0.15, 0.2) is 36.4 Å². The Labute approximate surface area is 177 Å². The lowest BCUT2D eigenvalue weighted by Crippen LogP contribution is -2.43. The van der Waals surface area contributed by atoms with Gasteiger partial charge in [0.2, 0.25) is 0 Å². The number of carboxylic acids is 1. The topological polar surface area (TPSA) is 96.9 Å². The van der Waals surface area contributed by atoms with Crippen molar-refractivity contribution in [3.05, 3.63) is 53.1 Å². The van der Waals surface area contributed by atoms with E-state index in [1.807, 2.05) is 45.9 Å². The lowest BCUT2D eigenvalue weighted by atomic mass is 10.1. The molecule has 0 saturated heterocycles. The Morgan fingerprint density at radius 2 is 1.80 bits per heavy atom. The summed E-state index contributed by atoms with van der Waals surface area (Å²) < 4.78 is 11.3. The van der Waals surface area contributed by atoms with Crippen LogP contribution in [0.1, 0.15) is 49.2 Å². The molecule has 7 heteroatoms. The minimum Gasteiger partial charge on any atom is -0.490 e. The number of benzene rings is 2. The van der Waals surface area contributed by atoms with E-state index in [1.165, 1.54) is 0 Å². The van der Waals surface area contributed by atoms with Crippen LogP contribution in [0.25, 0.3) is 0 Å². The summed E-state index contributed by atoms with van der Waals surface area (Å²) in [5.74, 6) is -0.110. The second-order valence-corrected chi connectivity index (χ2v) is 7.94. The van der Waals surface area contributed by atoms with Crippen LogP contribution >= 0.6 is 0 Å². The Morgan fingerprint density at radius 3 is 2.43 bits per heavy atom. The predicted molar refractivity (Wildman–Crippen MR) is 116 cm³/mol. The van der Waals surface area contributed by atoms with E-state index in [1.54, 1.807) is 25.1 Å². The molecule has 0 fully saturated rings. The number of amides is 1. The van der Waals surface area contributed by atoms with E-state index in [0.717, 1.165) is 11.3 Å². The molecule has 0 bridgehead atoms. The first kappa shape index (κ1) is 23.1. The first-order valence-electron chi connectivity index (χ1n) is 9.87. The first-order valence-corrected chi connectivity index (χ1v) is 9.87. The summed E-state index contributed by atoms with van der Waals surface area (Å²) in [7, 11) is 0. The fourth-order valence-corrected chi connectivity index (χ4v) is 2.90. The van der Waals surface area contributed by atoms with Crippen LogP contribution in [0.2, 0.25) is 0 Å². The highest BCUT2D eigenvalue weighted by atomic mass is 16.5. The molecule has 0 aromatic heterocycles. The zero-order valence-electron chi connectivity index (χ0n) is 18.2. The second-order valence-electron chi connectivity index (χ2n) is 7.94. The van der Waals surface area contributed by atoms with Gasteiger partial charge in [-0.15, -0.1) is 0 Å². The van der Waals surface area contributed by atoms with Crippen molar-refractivity contribution in [3.63, 3.8) is 0 Å². The molecule has 0 saturated carbocycles. The van der Waals surface area contributed by atoms with Gasteiger partial charge < -0.3 is 25.2 Å². The van der Waals surface area contributed by atoms with E-state index in [0.29, 0.717) is 30.2 Å². The fourth-order valence-electron chi connectivity index (χ4n) is 2.90. The van der Waals surface area contributed by atoms with Crippen molar-refractivity contribution in [2.75, 3.05) is 18.5 Å². The number of carbonyl (C=O) groups is 2. The highest BCUT2D eigenvalue weighted by molar-refractivity contribution is 5.91. The Hall–Kier alpha value is -3.22. The molecule has 0 spiro atoms. The minimum absolute atomic E-state index is 0.101. The maximum atomic E-state index is 12.0. The summed E-state index contributed by atoms with van der Waals surface area (Å²) >= 11 is 0. The third-order valence-electron chi connectivity index (χ3n) is 4.23. The van der Waals surface area contributed by atoms with Crippen LogP contribution in [0.5, 0.6) is 11.5 Å². The number of hydrogen-bond acceptors (Lipinski definition) is 5. The van der Waals surface area contributed by atoms with Crippen molar-refractivity contribution >= 4 is 17.6 Å². The molecule has 30 heavy (non-hydrogen) atoms. The monoisotopic (exact) mass is 414 g/mol. The van der Waals surface area contributed by atoms with Crippen LogP contribution < -0.4 is 20.1 Å². The van der Waals surface area contributed by atoms with Gasteiger partial charge in [0.1, 0.15) is 0 Å². The number of aromatic carboxylic acids is 1. The summed E-state index contributed by atoms with van der Waals surface area (Å²) in [4.78, 5) is 23.3. The largest absolute Gasteiger partial charge is 0.490 e. The standard InChI is InChI=1S/C23H30N2O5/c1-6-29-20-12-16(10-11-19(20)30-14-21(26)25-23(3,4)5)13-24-18-9-7-8-17(15(18)2)22(27)28/h7-12,24H,6,13-14H2,1-5H3,(H,25,26)(H,27,28). The molecule has 2 aromatic rings. The quantitative estimate of drug-likeness (QED) is 0.574. The van der Waals surface area contributed by atoms with Crippen molar-refractivity contribution < 1.29 is 24.2 Å². The van der Waals surface area contributed by atoms with Crippen LogP contribution in [-0.4, -0.2) is 35.7 Å². The number of hydrogen-bond donors (Lipinski definition) is 3. The molecule has 2 aromatic carbocycles. The predicted octanol–water partition coefficient (Wildman–Crippen LogP) is 4.00. The van der Waals surface area contributed by atoms with Gasteiger partial charge in [-0.05, 0) is 70.0 Å². The van der Waals surface area contributed by atoms with Gasteiger partial charge in [-0.25, -0.2) is 4.79 Å². The van der Waals surface area contributed by atoms with Crippen molar-refractivity contribution in [2.45, 2.75) is 46.7 Å². The normalized spacial score (nSPS) is 11.0. The molecule has 0 aliphatic heterocycles. The Kier molecular flexibility index (Phi) is 7.69. The number of nitrogens with one attached hydrogen (secondary N) is 2. The van der Waals surface area contributed by atoms with Crippen LogP contribution in [0, 0.1) is 6.92 Å². The summed E-state index contributed by atoms with van der Waals surface area (Å²) in [6.45, 7) is 10.2. The molecule has 0 aliphatic rings. The average Bonchev–Trinajstić information content (AvgIpc) is 2.65. The van der Waals surface area contributed by atoms with Gasteiger partial charge in [0, 0.05) is 17.8 Å². The fraction of sp³-hybridized carbons (Fsp3) is 0.391. The molecular weight excluding hydrogens is 384 g/mol. The molecule has 3 N–H and O–H groups in total. The smallest absolute Gasteiger partial charge is 0.336 e. The number of carboxylic acid groups (broad SMARTS) is 1. The van der Waals surface area contributed by atoms with E-state index in [-0.39, 0.29) is 23.6 Å². The van der Waals surface area contributed by atoms with Gasteiger partial charge in [0.25, 0.3) is 5.91 Å². The summed E-state index contributed by atoms with van der Waals surface area (Å²) in [5, 5.41) is 15.4. The minimum atomic E-state index is -0.952. The van der Waals surface area contributed by atoms with E-state index in [4.69, 9.17) is 9.47 Å². The van der Waals surface area contributed by atoms with E-state index in [2.05, 4.69) is 10.6 Å². The van der Waals surface area contributed by atoms with Gasteiger partial charge in [0.05, 0.1) is 12.2 Å². The number of ether oxygens (including phenoxy) is 2. The maximum absolute atomic E-state index is 12.0. The lowest BCUT2D eigenvalue weighted by molar-refractivity contribution is -0.124. The summed E-state index contributed by atoms with van der Waals surface area (Å²) in [5.41, 5.74) is 2.32. The molecule has 162 valence electrons. The zero-order valence-corrected chi connectivity index (χ0v) is 18.2. The number of rotatable bonds is 9. The molecule has 0 atom stereocenters. The van der Waals surface area contributed by atoms with Gasteiger partial charge in [-0.3, -0.25) is 4.79 Å². The summed E-state index contributed by atoms with van der Waals surface area (Å²) in [6.07, 6.45) is 0. The second kappa shape index (κ2) is 10.0. The summed E-state index contributed by atoms with van der Waals surface area (Å²) in [6, 6.07) is 10.6. The number of anilines is 1. The highest BCUT2D eigenvalue weighted by Crippen LogP contribution is 2.29. The zero-order chi connectivity index (χ0) is 22.3. The van der Waals surface area contributed by atoms with E-state index >= 15 is 0 Å².